The monoisotopic (exact) mass is 276 g/mol. The molecule has 1 aromatic heterocycles. The van der Waals surface area contributed by atoms with Gasteiger partial charge in [-0.05, 0) is 51.7 Å². The lowest BCUT2D eigenvalue weighted by atomic mass is 9.94. The van der Waals surface area contributed by atoms with E-state index in [1.54, 1.807) is 0 Å². The van der Waals surface area contributed by atoms with Crippen LogP contribution in [0.25, 0.3) is 0 Å². The van der Waals surface area contributed by atoms with Gasteiger partial charge in [-0.2, -0.15) is 5.10 Å². The van der Waals surface area contributed by atoms with Crippen molar-refractivity contribution in [2.24, 2.45) is 5.92 Å². The van der Waals surface area contributed by atoms with E-state index in [1.807, 2.05) is 0 Å². The fourth-order valence-corrected chi connectivity index (χ4v) is 2.54. The Labute approximate surface area is 123 Å². The SMILES string of the molecule is CCC1CCN(c2ccc(CNC(C)(C)C)nn2)CC1. The van der Waals surface area contributed by atoms with E-state index in [0.717, 1.165) is 37.1 Å². The van der Waals surface area contributed by atoms with Crippen LogP contribution in [0, 0.1) is 5.92 Å². The van der Waals surface area contributed by atoms with Gasteiger partial charge in [-0.15, -0.1) is 5.10 Å². The third kappa shape index (κ3) is 4.44. The van der Waals surface area contributed by atoms with Gasteiger partial charge in [0.05, 0.1) is 5.69 Å². The molecule has 2 rings (SSSR count). The quantitative estimate of drug-likeness (QED) is 0.918. The van der Waals surface area contributed by atoms with Gasteiger partial charge in [-0.3, -0.25) is 0 Å². The lowest BCUT2D eigenvalue weighted by Crippen LogP contribution is -2.36. The second kappa shape index (κ2) is 6.53. The maximum atomic E-state index is 4.39. The molecule has 0 atom stereocenters. The van der Waals surface area contributed by atoms with Gasteiger partial charge in [0.2, 0.25) is 0 Å². The normalized spacial score (nSPS) is 17.5. The van der Waals surface area contributed by atoms with Crippen molar-refractivity contribution in [2.45, 2.75) is 59.0 Å². The van der Waals surface area contributed by atoms with E-state index in [9.17, 15) is 0 Å². The van der Waals surface area contributed by atoms with Gasteiger partial charge >= 0.3 is 0 Å². The number of anilines is 1. The first kappa shape index (κ1) is 15.2. The van der Waals surface area contributed by atoms with Crippen molar-refractivity contribution in [2.75, 3.05) is 18.0 Å². The first-order valence-electron chi connectivity index (χ1n) is 7.80. The predicted molar refractivity (Wildman–Crippen MR) is 83.9 cm³/mol. The largest absolute Gasteiger partial charge is 0.355 e. The Morgan fingerprint density at radius 1 is 1.20 bits per heavy atom. The van der Waals surface area contributed by atoms with Gasteiger partial charge in [0.25, 0.3) is 0 Å². The standard InChI is InChI=1S/C16H28N4/c1-5-13-8-10-20(11-9-13)15-7-6-14(18-19-15)12-17-16(2,3)4/h6-7,13,17H,5,8-12H2,1-4H3. The predicted octanol–water partition coefficient (Wildman–Crippen LogP) is 2.99. The molecule has 0 amide bonds. The molecule has 4 heteroatoms. The molecule has 0 aliphatic carbocycles. The molecule has 1 fully saturated rings. The van der Waals surface area contributed by atoms with Gasteiger partial charge in [-0.1, -0.05) is 13.3 Å². The number of nitrogens with zero attached hydrogens (tertiary/aromatic N) is 3. The summed E-state index contributed by atoms with van der Waals surface area (Å²) in [5, 5.41) is 12.2. The van der Waals surface area contributed by atoms with E-state index in [-0.39, 0.29) is 5.54 Å². The van der Waals surface area contributed by atoms with Gasteiger partial charge in [0.1, 0.15) is 0 Å². The molecule has 1 N–H and O–H groups in total. The van der Waals surface area contributed by atoms with E-state index >= 15 is 0 Å². The molecule has 20 heavy (non-hydrogen) atoms. The zero-order valence-electron chi connectivity index (χ0n) is 13.3. The highest BCUT2D eigenvalue weighted by atomic mass is 15.3. The Kier molecular flexibility index (Phi) is 4.97. The number of hydrogen-bond acceptors (Lipinski definition) is 4. The van der Waals surface area contributed by atoms with Crippen molar-refractivity contribution in [3.63, 3.8) is 0 Å². The van der Waals surface area contributed by atoms with Crippen molar-refractivity contribution in [3.05, 3.63) is 17.8 Å². The van der Waals surface area contributed by atoms with Crippen LogP contribution in [0.3, 0.4) is 0 Å². The summed E-state index contributed by atoms with van der Waals surface area (Å²) >= 11 is 0. The Morgan fingerprint density at radius 2 is 1.90 bits per heavy atom. The van der Waals surface area contributed by atoms with Crippen molar-refractivity contribution < 1.29 is 0 Å². The zero-order valence-corrected chi connectivity index (χ0v) is 13.3. The van der Waals surface area contributed by atoms with Crippen LogP contribution in [-0.2, 0) is 6.54 Å². The average molecular weight is 276 g/mol. The minimum atomic E-state index is 0.113. The molecule has 0 saturated carbocycles. The van der Waals surface area contributed by atoms with Gasteiger partial charge in [0, 0.05) is 25.2 Å². The number of piperidine rings is 1. The number of hydrogen-bond donors (Lipinski definition) is 1. The van der Waals surface area contributed by atoms with Crippen LogP contribution >= 0.6 is 0 Å². The van der Waals surface area contributed by atoms with Crippen LogP contribution in [-0.4, -0.2) is 28.8 Å². The Morgan fingerprint density at radius 3 is 2.40 bits per heavy atom. The summed E-state index contributed by atoms with van der Waals surface area (Å²) in [6, 6.07) is 4.20. The van der Waals surface area contributed by atoms with Crippen molar-refractivity contribution in [1.29, 1.82) is 0 Å². The Hall–Kier alpha value is -1.16. The first-order valence-corrected chi connectivity index (χ1v) is 7.80. The number of nitrogens with one attached hydrogen (secondary N) is 1. The zero-order chi connectivity index (χ0) is 14.6. The molecule has 0 radical (unpaired) electrons. The highest BCUT2D eigenvalue weighted by molar-refractivity contribution is 5.37. The molecular weight excluding hydrogens is 248 g/mol. The molecule has 4 nitrogen and oxygen atoms in total. The van der Waals surface area contributed by atoms with Crippen LogP contribution in [0.2, 0.25) is 0 Å². The molecule has 1 aliphatic rings. The van der Waals surface area contributed by atoms with Crippen LogP contribution in [0.5, 0.6) is 0 Å². The Balaban J connectivity index is 1.88. The minimum absolute atomic E-state index is 0.113. The summed E-state index contributed by atoms with van der Waals surface area (Å²) < 4.78 is 0. The third-order valence-electron chi connectivity index (χ3n) is 4.02. The highest BCUT2D eigenvalue weighted by Gasteiger charge is 2.19. The fourth-order valence-electron chi connectivity index (χ4n) is 2.54. The number of aromatic nitrogens is 2. The molecule has 0 bridgehead atoms. The molecule has 0 aromatic carbocycles. The molecule has 2 heterocycles. The van der Waals surface area contributed by atoms with E-state index in [2.05, 4.69) is 60.2 Å². The first-order chi connectivity index (χ1) is 9.48. The molecule has 112 valence electrons. The molecule has 0 spiro atoms. The second-order valence-corrected chi connectivity index (χ2v) is 6.83. The topological polar surface area (TPSA) is 41.0 Å². The minimum Gasteiger partial charge on any atom is -0.355 e. The van der Waals surface area contributed by atoms with Crippen LogP contribution in [0.15, 0.2) is 12.1 Å². The summed E-state index contributed by atoms with van der Waals surface area (Å²) in [4.78, 5) is 2.36. The van der Waals surface area contributed by atoms with Crippen LogP contribution < -0.4 is 10.2 Å². The van der Waals surface area contributed by atoms with E-state index in [4.69, 9.17) is 0 Å². The van der Waals surface area contributed by atoms with Gasteiger partial charge in [0.15, 0.2) is 5.82 Å². The molecule has 1 saturated heterocycles. The summed E-state index contributed by atoms with van der Waals surface area (Å²) in [5.41, 5.74) is 1.12. The van der Waals surface area contributed by atoms with Crippen molar-refractivity contribution in [1.82, 2.24) is 15.5 Å². The smallest absolute Gasteiger partial charge is 0.151 e. The molecule has 0 unspecified atom stereocenters. The van der Waals surface area contributed by atoms with Gasteiger partial charge < -0.3 is 10.2 Å². The third-order valence-corrected chi connectivity index (χ3v) is 4.02. The molecular formula is C16H28N4. The van der Waals surface area contributed by atoms with E-state index in [1.165, 1.54) is 19.3 Å². The van der Waals surface area contributed by atoms with E-state index < -0.39 is 0 Å². The van der Waals surface area contributed by atoms with Crippen molar-refractivity contribution in [3.8, 4) is 0 Å². The highest BCUT2D eigenvalue weighted by Crippen LogP contribution is 2.23. The Bertz CT molecular complexity index is 399. The summed E-state index contributed by atoms with van der Waals surface area (Å²) in [6.45, 7) is 11.8. The summed E-state index contributed by atoms with van der Waals surface area (Å²) in [6.07, 6.45) is 3.87. The maximum Gasteiger partial charge on any atom is 0.151 e. The second-order valence-electron chi connectivity index (χ2n) is 6.83. The van der Waals surface area contributed by atoms with Crippen LogP contribution in [0.1, 0.15) is 52.7 Å². The number of rotatable bonds is 4. The van der Waals surface area contributed by atoms with Gasteiger partial charge in [-0.25, -0.2) is 0 Å². The summed E-state index contributed by atoms with van der Waals surface area (Å²) in [7, 11) is 0. The average Bonchev–Trinajstić information content (AvgIpc) is 2.45. The lowest BCUT2D eigenvalue weighted by molar-refractivity contribution is 0.393. The van der Waals surface area contributed by atoms with Crippen LogP contribution in [0.4, 0.5) is 5.82 Å². The fraction of sp³-hybridized carbons (Fsp3) is 0.750. The van der Waals surface area contributed by atoms with E-state index in [0.29, 0.717) is 0 Å². The molecule has 1 aromatic rings. The van der Waals surface area contributed by atoms with Crippen molar-refractivity contribution >= 4 is 5.82 Å². The maximum absolute atomic E-state index is 4.39. The molecule has 1 aliphatic heterocycles. The summed E-state index contributed by atoms with van der Waals surface area (Å²) in [5.74, 6) is 1.92. The lowest BCUT2D eigenvalue weighted by Gasteiger charge is -2.32.